The van der Waals surface area contributed by atoms with Gasteiger partial charge in [-0.3, -0.25) is 4.79 Å². The predicted octanol–water partition coefficient (Wildman–Crippen LogP) is 6.14. The summed E-state index contributed by atoms with van der Waals surface area (Å²) in [7, 11) is 0. The molecular formula is C21H13Cl2NO. The highest BCUT2D eigenvalue weighted by Crippen LogP contribution is 2.33. The standard InChI is InChI=1S/C21H13Cl2NO/c22-18-10-9-15(12-19(18)23)17-13-16-8-4-5-11-24(16)20(17)21(25)14-6-2-1-3-7-14/h1-13H. The number of rotatable bonds is 3. The number of hydrogen-bond acceptors (Lipinski definition) is 1. The molecule has 2 heterocycles. The van der Waals surface area contributed by atoms with Crippen molar-refractivity contribution >= 4 is 34.5 Å². The maximum atomic E-state index is 13.2. The van der Waals surface area contributed by atoms with Crippen molar-refractivity contribution in [3.63, 3.8) is 0 Å². The van der Waals surface area contributed by atoms with Crippen LogP contribution in [0.2, 0.25) is 10.0 Å². The van der Waals surface area contributed by atoms with Crippen molar-refractivity contribution in [2.45, 2.75) is 0 Å². The van der Waals surface area contributed by atoms with E-state index in [0.29, 0.717) is 21.3 Å². The third-order valence-electron chi connectivity index (χ3n) is 4.16. The largest absolute Gasteiger partial charge is 0.313 e. The number of hydrogen-bond donors (Lipinski definition) is 0. The number of pyridine rings is 1. The van der Waals surface area contributed by atoms with Crippen molar-refractivity contribution < 1.29 is 4.79 Å². The highest BCUT2D eigenvalue weighted by molar-refractivity contribution is 6.42. The summed E-state index contributed by atoms with van der Waals surface area (Å²) in [6.45, 7) is 0. The van der Waals surface area contributed by atoms with Crippen molar-refractivity contribution in [3.8, 4) is 11.1 Å². The zero-order valence-electron chi connectivity index (χ0n) is 13.1. The lowest BCUT2D eigenvalue weighted by molar-refractivity contribution is 0.103. The van der Waals surface area contributed by atoms with Gasteiger partial charge in [-0.25, -0.2) is 0 Å². The fraction of sp³-hybridized carbons (Fsp3) is 0. The molecule has 4 rings (SSSR count). The molecule has 0 unspecified atom stereocenters. The van der Waals surface area contributed by atoms with E-state index < -0.39 is 0 Å². The predicted molar refractivity (Wildman–Crippen MR) is 103 cm³/mol. The van der Waals surface area contributed by atoms with Crippen LogP contribution in [0.15, 0.2) is 79.0 Å². The summed E-state index contributed by atoms with van der Waals surface area (Å²) in [5.41, 5.74) is 3.90. The van der Waals surface area contributed by atoms with Crippen molar-refractivity contribution in [1.29, 1.82) is 0 Å². The summed E-state index contributed by atoms with van der Waals surface area (Å²) in [5.74, 6) is -0.0344. The van der Waals surface area contributed by atoms with Gasteiger partial charge in [0.15, 0.2) is 0 Å². The van der Waals surface area contributed by atoms with Crippen molar-refractivity contribution in [1.82, 2.24) is 4.40 Å². The fourth-order valence-electron chi connectivity index (χ4n) is 2.97. The highest BCUT2D eigenvalue weighted by Gasteiger charge is 2.20. The third kappa shape index (κ3) is 2.84. The van der Waals surface area contributed by atoms with Gasteiger partial charge in [0.2, 0.25) is 5.78 Å². The molecule has 0 aliphatic heterocycles. The molecule has 0 radical (unpaired) electrons. The molecule has 4 heteroatoms. The Bertz CT molecular complexity index is 1080. The minimum atomic E-state index is -0.0344. The first-order chi connectivity index (χ1) is 12.1. The molecule has 2 nitrogen and oxygen atoms in total. The molecule has 2 aromatic carbocycles. The molecule has 0 saturated carbocycles. The number of carbonyl (C=O) groups is 1. The Morgan fingerprint density at radius 3 is 2.32 bits per heavy atom. The molecule has 0 N–H and O–H groups in total. The summed E-state index contributed by atoms with van der Waals surface area (Å²) in [4.78, 5) is 13.2. The topological polar surface area (TPSA) is 21.5 Å². The van der Waals surface area contributed by atoms with Crippen LogP contribution in [0.4, 0.5) is 0 Å². The Labute approximate surface area is 155 Å². The summed E-state index contributed by atoms with van der Waals surface area (Å²) in [5, 5.41) is 0.956. The number of ketones is 1. The van der Waals surface area contributed by atoms with E-state index in [1.807, 2.05) is 71.3 Å². The van der Waals surface area contributed by atoms with Crippen LogP contribution in [0.1, 0.15) is 16.1 Å². The second-order valence-electron chi connectivity index (χ2n) is 5.73. The Kier molecular flexibility index (Phi) is 4.08. The average molecular weight is 366 g/mol. The maximum Gasteiger partial charge on any atom is 0.210 e. The quantitative estimate of drug-likeness (QED) is 0.399. The molecular weight excluding hydrogens is 353 g/mol. The first-order valence-electron chi connectivity index (χ1n) is 7.80. The van der Waals surface area contributed by atoms with Crippen LogP contribution in [0.5, 0.6) is 0 Å². The molecule has 0 amide bonds. The molecule has 0 atom stereocenters. The lowest BCUT2D eigenvalue weighted by atomic mass is 10.0. The Balaban J connectivity index is 1.98. The number of fused-ring (bicyclic) bond motifs is 1. The van der Waals surface area contributed by atoms with Crippen LogP contribution in [0, 0.1) is 0 Å². The van der Waals surface area contributed by atoms with Crippen LogP contribution in [0.3, 0.4) is 0 Å². The monoisotopic (exact) mass is 365 g/mol. The van der Waals surface area contributed by atoms with Crippen LogP contribution < -0.4 is 0 Å². The number of carbonyl (C=O) groups excluding carboxylic acids is 1. The van der Waals surface area contributed by atoms with E-state index >= 15 is 0 Å². The third-order valence-corrected chi connectivity index (χ3v) is 4.90. The molecule has 25 heavy (non-hydrogen) atoms. The Morgan fingerprint density at radius 2 is 1.56 bits per heavy atom. The van der Waals surface area contributed by atoms with Gasteiger partial charge in [0, 0.05) is 22.8 Å². The minimum absolute atomic E-state index is 0.0344. The zero-order chi connectivity index (χ0) is 17.4. The Hall–Kier alpha value is -2.55. The van der Waals surface area contributed by atoms with Crippen molar-refractivity contribution in [2.75, 3.05) is 0 Å². The van der Waals surface area contributed by atoms with Crippen LogP contribution >= 0.6 is 23.2 Å². The van der Waals surface area contributed by atoms with E-state index in [4.69, 9.17) is 23.2 Å². The van der Waals surface area contributed by atoms with Gasteiger partial charge >= 0.3 is 0 Å². The first kappa shape index (κ1) is 15.9. The molecule has 2 aromatic heterocycles. The normalized spacial score (nSPS) is 11.0. The van der Waals surface area contributed by atoms with Gasteiger partial charge in [-0.15, -0.1) is 0 Å². The summed E-state index contributed by atoms with van der Waals surface area (Å²) >= 11 is 12.2. The van der Waals surface area contributed by atoms with Gasteiger partial charge < -0.3 is 4.40 Å². The summed E-state index contributed by atoms with van der Waals surface area (Å²) in [6.07, 6.45) is 1.90. The molecule has 0 bridgehead atoms. The molecule has 0 aliphatic rings. The summed E-state index contributed by atoms with van der Waals surface area (Å²) in [6, 6.07) is 22.5. The second-order valence-corrected chi connectivity index (χ2v) is 6.54. The van der Waals surface area contributed by atoms with Gasteiger partial charge in [0.25, 0.3) is 0 Å². The van der Waals surface area contributed by atoms with Gasteiger partial charge in [0.1, 0.15) is 5.69 Å². The van der Waals surface area contributed by atoms with Gasteiger partial charge in [0.05, 0.1) is 10.0 Å². The molecule has 0 spiro atoms. The molecule has 0 fully saturated rings. The van der Waals surface area contributed by atoms with E-state index in [9.17, 15) is 4.79 Å². The first-order valence-corrected chi connectivity index (χ1v) is 8.56. The molecule has 4 aromatic rings. The lowest BCUT2D eigenvalue weighted by Crippen LogP contribution is -2.06. The number of aromatic nitrogens is 1. The van der Waals surface area contributed by atoms with E-state index in [1.54, 1.807) is 12.1 Å². The van der Waals surface area contributed by atoms with Crippen LogP contribution in [-0.4, -0.2) is 10.2 Å². The SMILES string of the molecule is O=C(c1ccccc1)c1c(-c2ccc(Cl)c(Cl)c2)cc2ccccn12. The maximum absolute atomic E-state index is 13.2. The second kappa shape index (κ2) is 6.40. The highest BCUT2D eigenvalue weighted by atomic mass is 35.5. The molecule has 0 saturated heterocycles. The van der Waals surface area contributed by atoms with Gasteiger partial charge in [-0.1, -0.05) is 65.7 Å². The zero-order valence-corrected chi connectivity index (χ0v) is 14.6. The number of nitrogens with zero attached hydrogens (tertiary/aromatic N) is 1. The fourth-order valence-corrected chi connectivity index (χ4v) is 3.26. The van der Waals surface area contributed by atoms with E-state index in [2.05, 4.69) is 0 Å². The molecule has 0 aliphatic carbocycles. The van der Waals surface area contributed by atoms with Crippen LogP contribution in [-0.2, 0) is 0 Å². The lowest BCUT2D eigenvalue weighted by Gasteiger charge is -2.07. The molecule has 122 valence electrons. The Morgan fingerprint density at radius 1 is 0.800 bits per heavy atom. The van der Waals surface area contributed by atoms with E-state index in [1.165, 1.54) is 0 Å². The van der Waals surface area contributed by atoms with Crippen molar-refractivity contribution in [2.24, 2.45) is 0 Å². The van der Waals surface area contributed by atoms with Gasteiger partial charge in [-0.2, -0.15) is 0 Å². The minimum Gasteiger partial charge on any atom is -0.313 e. The number of benzene rings is 2. The van der Waals surface area contributed by atoms with Crippen LogP contribution in [0.25, 0.3) is 16.6 Å². The number of halogens is 2. The summed E-state index contributed by atoms with van der Waals surface area (Å²) < 4.78 is 1.91. The average Bonchev–Trinajstić information content (AvgIpc) is 3.03. The smallest absolute Gasteiger partial charge is 0.210 e. The van der Waals surface area contributed by atoms with E-state index in [-0.39, 0.29) is 5.78 Å². The van der Waals surface area contributed by atoms with Crippen molar-refractivity contribution in [3.05, 3.63) is 100 Å². The van der Waals surface area contributed by atoms with Gasteiger partial charge in [-0.05, 0) is 35.9 Å². The van der Waals surface area contributed by atoms with E-state index in [0.717, 1.165) is 16.6 Å².